The van der Waals surface area contributed by atoms with Crippen molar-refractivity contribution in [1.29, 1.82) is 0 Å². The molecule has 1 aliphatic carbocycles. The van der Waals surface area contributed by atoms with Crippen molar-refractivity contribution in [1.82, 2.24) is 9.97 Å². The lowest BCUT2D eigenvalue weighted by Crippen LogP contribution is -2.20. The fourth-order valence-electron chi connectivity index (χ4n) is 1.90. The second-order valence-electron chi connectivity index (χ2n) is 4.44. The maximum absolute atomic E-state index is 11.4. The van der Waals surface area contributed by atoms with Crippen molar-refractivity contribution in [2.24, 2.45) is 5.41 Å². The van der Waals surface area contributed by atoms with Gasteiger partial charge in [0.2, 0.25) is 5.75 Å². The molecule has 1 aliphatic rings. The van der Waals surface area contributed by atoms with Gasteiger partial charge in [-0.2, -0.15) is 0 Å². The lowest BCUT2D eigenvalue weighted by Gasteiger charge is -2.15. The third-order valence-corrected chi connectivity index (χ3v) is 3.24. The first kappa shape index (κ1) is 11.9. The van der Waals surface area contributed by atoms with Crippen molar-refractivity contribution in [3.8, 4) is 5.75 Å². The summed E-state index contributed by atoms with van der Waals surface area (Å²) in [5.74, 6) is 0.660. The third kappa shape index (κ3) is 2.58. The molecule has 0 bridgehead atoms. The van der Waals surface area contributed by atoms with Gasteiger partial charge in [0, 0.05) is 13.2 Å². The Balaban J connectivity index is 2.04. The summed E-state index contributed by atoms with van der Waals surface area (Å²) in [5, 5.41) is 12.1. The minimum atomic E-state index is -0.294. The maximum Gasteiger partial charge on any atom is 0.295 e. The molecule has 0 spiro atoms. The minimum Gasteiger partial charge on any atom is -0.489 e. The molecule has 6 heteroatoms. The summed E-state index contributed by atoms with van der Waals surface area (Å²) in [7, 11) is 1.44. The Morgan fingerprint density at radius 3 is 3.00 bits per heavy atom. The van der Waals surface area contributed by atoms with E-state index in [2.05, 4.69) is 15.3 Å². The zero-order valence-electron chi connectivity index (χ0n) is 9.82. The van der Waals surface area contributed by atoms with E-state index in [-0.39, 0.29) is 23.3 Å². The van der Waals surface area contributed by atoms with E-state index < -0.39 is 0 Å². The number of aromatic amines is 1. The quantitative estimate of drug-likeness (QED) is 0.667. The normalized spacial score (nSPS) is 16.6. The molecule has 0 aromatic carbocycles. The number of aliphatic hydroxyl groups is 1. The third-order valence-electron chi connectivity index (χ3n) is 3.24. The summed E-state index contributed by atoms with van der Waals surface area (Å²) in [6, 6.07) is 0. The Morgan fingerprint density at radius 1 is 1.65 bits per heavy atom. The molecule has 0 atom stereocenters. The highest BCUT2D eigenvalue weighted by Crippen LogP contribution is 2.48. The van der Waals surface area contributed by atoms with Crippen molar-refractivity contribution in [3.05, 3.63) is 16.7 Å². The molecule has 1 aromatic heterocycles. The van der Waals surface area contributed by atoms with E-state index in [0.29, 0.717) is 12.4 Å². The van der Waals surface area contributed by atoms with Crippen molar-refractivity contribution in [3.63, 3.8) is 0 Å². The van der Waals surface area contributed by atoms with Crippen LogP contribution in [-0.2, 0) is 0 Å². The van der Waals surface area contributed by atoms with Gasteiger partial charge >= 0.3 is 0 Å². The summed E-state index contributed by atoms with van der Waals surface area (Å²) in [6.07, 6.45) is 4.34. The zero-order chi connectivity index (χ0) is 12.3. The maximum atomic E-state index is 11.4. The standard InChI is InChI=1S/C11H17N3O3/c1-17-8-9(13-7-14-10(8)16)12-6-11(2-3-11)4-5-15/h7,15H,2-6H2,1H3,(H2,12,13,14,16). The van der Waals surface area contributed by atoms with Gasteiger partial charge in [-0.15, -0.1) is 0 Å². The van der Waals surface area contributed by atoms with Gasteiger partial charge in [0.15, 0.2) is 5.82 Å². The highest BCUT2D eigenvalue weighted by Gasteiger charge is 2.41. The predicted molar refractivity (Wildman–Crippen MR) is 63.3 cm³/mol. The number of methoxy groups -OCH3 is 1. The van der Waals surface area contributed by atoms with Crippen molar-refractivity contribution in [2.75, 3.05) is 25.6 Å². The summed E-state index contributed by atoms with van der Waals surface area (Å²) in [4.78, 5) is 17.9. The first-order chi connectivity index (χ1) is 8.21. The fraction of sp³-hybridized carbons (Fsp3) is 0.636. The molecule has 0 amide bonds. The van der Waals surface area contributed by atoms with Crippen LogP contribution in [0.25, 0.3) is 0 Å². The molecular formula is C11H17N3O3. The van der Waals surface area contributed by atoms with Crippen LogP contribution >= 0.6 is 0 Å². The van der Waals surface area contributed by atoms with Crippen molar-refractivity contribution < 1.29 is 9.84 Å². The number of aromatic nitrogens is 2. The topological polar surface area (TPSA) is 87.2 Å². The molecule has 6 nitrogen and oxygen atoms in total. The van der Waals surface area contributed by atoms with Crippen LogP contribution in [-0.4, -0.2) is 35.3 Å². The number of H-pyrrole nitrogens is 1. The van der Waals surface area contributed by atoms with E-state index in [4.69, 9.17) is 9.84 Å². The molecule has 1 fully saturated rings. The first-order valence-electron chi connectivity index (χ1n) is 5.67. The van der Waals surface area contributed by atoms with E-state index in [1.165, 1.54) is 13.4 Å². The van der Waals surface area contributed by atoms with Crippen molar-refractivity contribution >= 4 is 5.82 Å². The van der Waals surface area contributed by atoms with E-state index in [0.717, 1.165) is 19.3 Å². The number of ether oxygens (including phenoxy) is 1. The van der Waals surface area contributed by atoms with Gasteiger partial charge in [0.25, 0.3) is 5.56 Å². The van der Waals surface area contributed by atoms with E-state index in [1.807, 2.05) is 0 Å². The largest absolute Gasteiger partial charge is 0.489 e. The van der Waals surface area contributed by atoms with Gasteiger partial charge in [0.05, 0.1) is 13.4 Å². The number of hydrogen-bond acceptors (Lipinski definition) is 5. The Kier molecular flexibility index (Phi) is 3.33. The molecule has 0 aliphatic heterocycles. The number of hydrogen-bond donors (Lipinski definition) is 3. The zero-order valence-corrected chi connectivity index (χ0v) is 9.82. The molecule has 0 saturated heterocycles. The molecule has 3 N–H and O–H groups in total. The van der Waals surface area contributed by atoms with Crippen LogP contribution in [0.5, 0.6) is 5.75 Å². The van der Waals surface area contributed by atoms with Gasteiger partial charge in [-0.05, 0) is 24.7 Å². The number of nitrogens with one attached hydrogen (secondary N) is 2. The molecule has 0 unspecified atom stereocenters. The van der Waals surface area contributed by atoms with E-state index >= 15 is 0 Å². The number of anilines is 1. The van der Waals surface area contributed by atoms with Gasteiger partial charge in [0.1, 0.15) is 0 Å². The average molecular weight is 239 g/mol. The van der Waals surface area contributed by atoms with Crippen LogP contribution in [0.1, 0.15) is 19.3 Å². The van der Waals surface area contributed by atoms with Gasteiger partial charge in [-0.25, -0.2) is 4.98 Å². The molecular weight excluding hydrogens is 222 g/mol. The first-order valence-corrected chi connectivity index (χ1v) is 5.67. The summed E-state index contributed by atoms with van der Waals surface area (Å²) < 4.78 is 5.00. The highest BCUT2D eigenvalue weighted by atomic mass is 16.5. The Morgan fingerprint density at radius 2 is 2.41 bits per heavy atom. The number of nitrogens with zero attached hydrogens (tertiary/aromatic N) is 1. The molecule has 17 heavy (non-hydrogen) atoms. The minimum absolute atomic E-state index is 0.171. The van der Waals surface area contributed by atoms with Crippen LogP contribution in [0.2, 0.25) is 0 Å². The lowest BCUT2D eigenvalue weighted by atomic mass is 10.0. The molecule has 2 rings (SSSR count). The Labute approximate surface area is 99.0 Å². The molecule has 94 valence electrons. The second-order valence-corrected chi connectivity index (χ2v) is 4.44. The summed E-state index contributed by atoms with van der Waals surface area (Å²) in [5.41, 5.74) is -0.124. The van der Waals surface area contributed by atoms with Gasteiger partial charge in [-0.1, -0.05) is 0 Å². The Bertz CT molecular complexity index is 440. The van der Waals surface area contributed by atoms with E-state index in [1.54, 1.807) is 0 Å². The van der Waals surface area contributed by atoms with Gasteiger partial charge < -0.3 is 20.1 Å². The Hall–Kier alpha value is -1.56. The fourth-order valence-corrected chi connectivity index (χ4v) is 1.90. The number of rotatable bonds is 6. The smallest absolute Gasteiger partial charge is 0.295 e. The van der Waals surface area contributed by atoms with Crippen LogP contribution < -0.4 is 15.6 Å². The average Bonchev–Trinajstić information content (AvgIpc) is 3.07. The molecule has 1 saturated carbocycles. The second kappa shape index (κ2) is 4.75. The SMILES string of the molecule is COc1c(NCC2(CCO)CC2)nc[nH]c1=O. The monoisotopic (exact) mass is 239 g/mol. The van der Waals surface area contributed by atoms with Gasteiger partial charge in [-0.3, -0.25) is 4.79 Å². The highest BCUT2D eigenvalue weighted by molar-refractivity contribution is 5.48. The lowest BCUT2D eigenvalue weighted by molar-refractivity contribution is 0.253. The molecule has 0 radical (unpaired) electrons. The van der Waals surface area contributed by atoms with Crippen LogP contribution in [0.3, 0.4) is 0 Å². The number of aliphatic hydroxyl groups excluding tert-OH is 1. The van der Waals surface area contributed by atoms with Crippen LogP contribution in [0, 0.1) is 5.41 Å². The van der Waals surface area contributed by atoms with Crippen molar-refractivity contribution in [2.45, 2.75) is 19.3 Å². The van der Waals surface area contributed by atoms with Crippen LogP contribution in [0.15, 0.2) is 11.1 Å². The predicted octanol–water partition coefficient (Wildman–Crippen LogP) is 0.353. The molecule has 1 aromatic rings. The summed E-state index contributed by atoms with van der Waals surface area (Å²) >= 11 is 0. The van der Waals surface area contributed by atoms with E-state index in [9.17, 15) is 4.79 Å². The summed E-state index contributed by atoms with van der Waals surface area (Å²) in [6.45, 7) is 0.905. The van der Waals surface area contributed by atoms with Crippen LogP contribution in [0.4, 0.5) is 5.82 Å². The molecule has 1 heterocycles.